The monoisotopic (exact) mass is 224 g/mol. The molecular formula is C10H9FN2O3. The maximum atomic E-state index is 13.2. The predicted octanol–water partition coefficient (Wildman–Crippen LogP) is 0.692. The van der Waals surface area contributed by atoms with E-state index in [0.717, 1.165) is 6.07 Å². The maximum absolute atomic E-state index is 13.2. The summed E-state index contributed by atoms with van der Waals surface area (Å²) >= 11 is 0. The number of rotatable bonds is 4. The van der Waals surface area contributed by atoms with E-state index in [9.17, 15) is 14.0 Å². The number of halogens is 1. The van der Waals surface area contributed by atoms with Crippen LogP contribution in [0.2, 0.25) is 0 Å². The van der Waals surface area contributed by atoms with Crippen LogP contribution in [0.25, 0.3) is 0 Å². The summed E-state index contributed by atoms with van der Waals surface area (Å²) in [6, 6.07) is 3.94. The van der Waals surface area contributed by atoms with Crippen molar-refractivity contribution in [2.75, 3.05) is 7.05 Å². The van der Waals surface area contributed by atoms with E-state index in [4.69, 9.17) is 0 Å². The van der Waals surface area contributed by atoms with Gasteiger partial charge in [0.25, 0.3) is 6.47 Å². The van der Waals surface area contributed by atoms with Crippen molar-refractivity contribution in [1.82, 2.24) is 5.43 Å². The van der Waals surface area contributed by atoms with E-state index in [1.165, 1.54) is 19.2 Å². The van der Waals surface area contributed by atoms with E-state index in [0.29, 0.717) is 6.29 Å². The van der Waals surface area contributed by atoms with Crippen LogP contribution in [-0.2, 0) is 9.53 Å². The number of hydrogen-bond donors (Lipinski definition) is 1. The van der Waals surface area contributed by atoms with Gasteiger partial charge >= 0.3 is 0 Å². The van der Waals surface area contributed by atoms with Crippen LogP contribution in [0, 0.1) is 5.82 Å². The Balaban J connectivity index is 3.28. The van der Waals surface area contributed by atoms with E-state index < -0.39 is 5.82 Å². The smallest absolute Gasteiger partial charge is 0.299 e. The molecule has 0 spiro atoms. The Hall–Kier alpha value is -2.24. The van der Waals surface area contributed by atoms with Crippen molar-refractivity contribution in [2.24, 2.45) is 5.10 Å². The first-order chi connectivity index (χ1) is 7.74. The molecule has 0 radical (unpaired) electrons. The fourth-order valence-corrected chi connectivity index (χ4v) is 1.14. The molecule has 0 aromatic heterocycles. The van der Waals surface area contributed by atoms with Gasteiger partial charge in [-0.05, 0) is 12.1 Å². The van der Waals surface area contributed by atoms with Crippen LogP contribution in [0.1, 0.15) is 15.9 Å². The van der Waals surface area contributed by atoms with Crippen LogP contribution < -0.4 is 5.43 Å². The summed E-state index contributed by atoms with van der Waals surface area (Å²) in [5, 5.41) is 3.62. The number of nitrogens with one attached hydrogen (secondary N) is 1. The fraction of sp³-hybridized carbons (Fsp3) is 0.100. The third-order valence-corrected chi connectivity index (χ3v) is 1.77. The summed E-state index contributed by atoms with van der Waals surface area (Å²) in [6.07, 6.45) is 0.337. The van der Waals surface area contributed by atoms with Crippen molar-refractivity contribution in [1.29, 1.82) is 0 Å². The highest BCUT2D eigenvalue weighted by molar-refractivity contribution is 6.03. The zero-order chi connectivity index (χ0) is 12.0. The minimum Gasteiger partial charge on any atom is -0.407 e. The maximum Gasteiger partial charge on any atom is 0.299 e. The highest BCUT2D eigenvalue weighted by Crippen LogP contribution is 2.12. The zero-order valence-electron chi connectivity index (χ0n) is 8.44. The third-order valence-electron chi connectivity index (χ3n) is 1.77. The second-order valence-electron chi connectivity index (χ2n) is 2.67. The second kappa shape index (κ2) is 5.59. The Morgan fingerprint density at radius 1 is 1.50 bits per heavy atom. The molecular weight excluding hydrogens is 215 g/mol. The van der Waals surface area contributed by atoms with Crippen molar-refractivity contribution in [2.45, 2.75) is 0 Å². The standard InChI is InChI=1S/C10H9FN2O3/c1-12-13-10(16-6-15)7-3-2-4-9(11)8(7)5-14/h2-6,12H,1H3/b13-10-. The van der Waals surface area contributed by atoms with Crippen LogP contribution in [0.5, 0.6) is 0 Å². The Bertz CT molecular complexity index is 432. The van der Waals surface area contributed by atoms with Gasteiger partial charge in [-0.2, -0.15) is 0 Å². The van der Waals surface area contributed by atoms with Gasteiger partial charge < -0.3 is 10.2 Å². The molecule has 0 unspecified atom stereocenters. The highest BCUT2D eigenvalue weighted by Gasteiger charge is 2.14. The molecule has 0 aliphatic heterocycles. The molecule has 0 aliphatic carbocycles. The molecule has 1 aromatic rings. The lowest BCUT2D eigenvalue weighted by Gasteiger charge is -2.06. The summed E-state index contributed by atoms with van der Waals surface area (Å²) in [5.74, 6) is -0.870. The van der Waals surface area contributed by atoms with Crippen molar-refractivity contribution in [3.05, 3.63) is 35.1 Å². The quantitative estimate of drug-likeness (QED) is 0.353. The van der Waals surface area contributed by atoms with E-state index in [1.54, 1.807) is 0 Å². The highest BCUT2D eigenvalue weighted by atomic mass is 19.1. The lowest BCUT2D eigenvalue weighted by Crippen LogP contribution is -2.13. The number of hydrazone groups is 1. The number of hydrogen-bond acceptors (Lipinski definition) is 5. The van der Waals surface area contributed by atoms with E-state index in [-0.39, 0.29) is 23.5 Å². The summed E-state index contributed by atoms with van der Waals surface area (Å²) in [6.45, 7) is 0.148. The first kappa shape index (κ1) is 11.8. The van der Waals surface area contributed by atoms with E-state index in [2.05, 4.69) is 15.3 Å². The van der Waals surface area contributed by atoms with Crippen molar-refractivity contribution in [3.63, 3.8) is 0 Å². The van der Waals surface area contributed by atoms with Gasteiger partial charge in [-0.1, -0.05) is 6.07 Å². The normalized spacial score (nSPS) is 10.8. The second-order valence-corrected chi connectivity index (χ2v) is 2.67. The van der Waals surface area contributed by atoms with Gasteiger partial charge in [-0.3, -0.25) is 9.59 Å². The summed E-state index contributed by atoms with van der Waals surface area (Å²) in [5.41, 5.74) is 2.29. The predicted molar refractivity (Wildman–Crippen MR) is 54.5 cm³/mol. The molecule has 0 atom stereocenters. The zero-order valence-corrected chi connectivity index (χ0v) is 8.44. The molecule has 0 aliphatic rings. The SMILES string of the molecule is CN/N=C(\OC=O)c1cccc(F)c1C=O. The Morgan fingerprint density at radius 3 is 2.81 bits per heavy atom. The fourth-order valence-electron chi connectivity index (χ4n) is 1.14. The number of aldehydes is 1. The molecule has 6 heteroatoms. The van der Waals surface area contributed by atoms with Crippen LogP contribution in [-0.4, -0.2) is 25.7 Å². The van der Waals surface area contributed by atoms with Crippen LogP contribution >= 0.6 is 0 Å². The van der Waals surface area contributed by atoms with Crippen LogP contribution in [0.3, 0.4) is 0 Å². The number of nitrogens with zero attached hydrogens (tertiary/aromatic N) is 1. The molecule has 1 rings (SSSR count). The van der Waals surface area contributed by atoms with Crippen LogP contribution in [0.15, 0.2) is 23.3 Å². The Kier molecular flexibility index (Phi) is 4.14. The lowest BCUT2D eigenvalue weighted by molar-refractivity contribution is -0.121. The molecule has 0 fully saturated rings. The van der Waals surface area contributed by atoms with Crippen molar-refractivity contribution in [3.8, 4) is 0 Å². The minimum atomic E-state index is -0.703. The van der Waals surface area contributed by atoms with Gasteiger partial charge in [0.2, 0.25) is 5.90 Å². The average molecular weight is 224 g/mol. The minimum absolute atomic E-state index is 0.108. The Labute approximate surface area is 90.9 Å². The van der Waals surface area contributed by atoms with Gasteiger partial charge in [0.1, 0.15) is 5.82 Å². The lowest BCUT2D eigenvalue weighted by atomic mass is 10.1. The number of carbonyl (C=O) groups excluding carboxylic acids is 2. The Morgan fingerprint density at radius 2 is 2.25 bits per heavy atom. The number of carbonyl (C=O) groups is 2. The van der Waals surface area contributed by atoms with Crippen LogP contribution in [0.4, 0.5) is 4.39 Å². The number of benzene rings is 1. The number of ether oxygens (including phenoxy) is 1. The van der Waals surface area contributed by atoms with Gasteiger partial charge in [-0.25, -0.2) is 4.39 Å². The van der Waals surface area contributed by atoms with Gasteiger partial charge in [0.05, 0.1) is 11.1 Å². The van der Waals surface area contributed by atoms with Gasteiger partial charge in [0, 0.05) is 7.05 Å². The molecule has 1 aromatic carbocycles. The third kappa shape index (κ3) is 2.41. The van der Waals surface area contributed by atoms with E-state index in [1.807, 2.05) is 0 Å². The molecule has 16 heavy (non-hydrogen) atoms. The summed E-state index contributed by atoms with van der Waals surface area (Å²) < 4.78 is 17.8. The molecule has 0 bridgehead atoms. The van der Waals surface area contributed by atoms with Crippen molar-refractivity contribution < 1.29 is 18.7 Å². The van der Waals surface area contributed by atoms with Gasteiger partial charge in [-0.15, -0.1) is 5.10 Å². The van der Waals surface area contributed by atoms with Crippen molar-refractivity contribution >= 4 is 18.7 Å². The molecule has 84 valence electrons. The molecule has 0 heterocycles. The van der Waals surface area contributed by atoms with E-state index >= 15 is 0 Å². The summed E-state index contributed by atoms with van der Waals surface area (Å²) in [7, 11) is 1.48. The topological polar surface area (TPSA) is 67.8 Å². The molecule has 1 N–H and O–H groups in total. The molecule has 0 amide bonds. The average Bonchev–Trinajstić information content (AvgIpc) is 2.28. The first-order valence-corrected chi connectivity index (χ1v) is 4.33. The molecule has 0 saturated heterocycles. The molecule has 0 saturated carbocycles. The largest absolute Gasteiger partial charge is 0.407 e. The van der Waals surface area contributed by atoms with Gasteiger partial charge in [0.15, 0.2) is 6.29 Å². The summed E-state index contributed by atoms with van der Waals surface area (Å²) in [4.78, 5) is 20.9. The first-order valence-electron chi connectivity index (χ1n) is 4.33. The molecule has 5 nitrogen and oxygen atoms in total.